The normalized spacial score (nSPS) is 17.6. The molecule has 2 aromatic heterocycles. The number of nitrogens with zero attached hydrogens (tertiary/aromatic N) is 4. The van der Waals surface area contributed by atoms with Gasteiger partial charge in [0.1, 0.15) is 6.33 Å². The van der Waals surface area contributed by atoms with Crippen LogP contribution in [-0.4, -0.2) is 50.7 Å². The summed E-state index contributed by atoms with van der Waals surface area (Å²) in [4.78, 5) is 37.7. The van der Waals surface area contributed by atoms with Crippen LogP contribution in [0.4, 0.5) is 0 Å². The number of likely N-dealkylation sites (tertiary alicyclic amines) is 1. The summed E-state index contributed by atoms with van der Waals surface area (Å²) in [6, 6.07) is 2.12. The highest BCUT2D eigenvalue weighted by molar-refractivity contribution is 7.12. The van der Waals surface area contributed by atoms with Gasteiger partial charge in [0.2, 0.25) is 5.91 Å². The minimum Gasteiger partial charge on any atom is -0.338 e. The third-order valence-electron chi connectivity index (χ3n) is 4.85. The second-order valence-electron chi connectivity index (χ2n) is 6.70. The van der Waals surface area contributed by atoms with Crippen molar-refractivity contribution in [3.05, 3.63) is 46.2 Å². The first kappa shape index (κ1) is 18.5. The molecule has 6 nitrogen and oxygen atoms in total. The molecule has 138 valence electrons. The summed E-state index contributed by atoms with van der Waals surface area (Å²) in [5.74, 6) is 0.164. The van der Waals surface area contributed by atoms with Gasteiger partial charge < -0.3 is 9.80 Å². The standard InChI is InChI=1S/C19H24N4O2S/c1-14-6-9-26-18(14)19(25)22-7-3-4-17(5-8-22)23(15(2)24)12-16-10-20-13-21-11-16/h6,9-11,13,17H,3-5,7-8,12H2,1-2H3/t17-/m0/s1. The van der Waals surface area contributed by atoms with E-state index in [0.717, 1.165) is 41.8 Å². The van der Waals surface area contributed by atoms with Crippen molar-refractivity contribution in [2.24, 2.45) is 0 Å². The molecule has 1 aliphatic heterocycles. The summed E-state index contributed by atoms with van der Waals surface area (Å²) in [6.07, 6.45) is 7.58. The Bertz CT molecular complexity index is 762. The van der Waals surface area contributed by atoms with Crippen molar-refractivity contribution in [3.63, 3.8) is 0 Å². The monoisotopic (exact) mass is 372 g/mol. The quantitative estimate of drug-likeness (QED) is 0.828. The summed E-state index contributed by atoms with van der Waals surface area (Å²) < 4.78 is 0. The fourth-order valence-electron chi connectivity index (χ4n) is 3.43. The Balaban J connectivity index is 1.67. The van der Waals surface area contributed by atoms with Crippen molar-refractivity contribution in [3.8, 4) is 0 Å². The number of thiophene rings is 1. The van der Waals surface area contributed by atoms with Gasteiger partial charge in [0.05, 0.1) is 4.88 Å². The zero-order valence-corrected chi connectivity index (χ0v) is 16.0. The third kappa shape index (κ3) is 4.27. The summed E-state index contributed by atoms with van der Waals surface area (Å²) >= 11 is 1.50. The van der Waals surface area contributed by atoms with Crippen molar-refractivity contribution in [2.45, 2.75) is 45.7 Å². The number of carbonyl (C=O) groups excluding carboxylic acids is 2. The fraction of sp³-hybridized carbons (Fsp3) is 0.474. The molecule has 1 saturated heterocycles. The molecule has 1 fully saturated rings. The van der Waals surface area contributed by atoms with Crippen molar-refractivity contribution < 1.29 is 9.59 Å². The number of aryl methyl sites for hydroxylation is 1. The first-order valence-electron chi connectivity index (χ1n) is 8.90. The Labute approximate surface area is 157 Å². The second kappa shape index (κ2) is 8.40. The molecular weight excluding hydrogens is 348 g/mol. The van der Waals surface area contributed by atoms with Crippen LogP contribution < -0.4 is 0 Å². The smallest absolute Gasteiger partial charge is 0.264 e. The van der Waals surface area contributed by atoms with Crippen LogP contribution in [0.2, 0.25) is 0 Å². The summed E-state index contributed by atoms with van der Waals surface area (Å²) in [6.45, 7) is 5.51. The highest BCUT2D eigenvalue weighted by atomic mass is 32.1. The highest BCUT2D eigenvalue weighted by Crippen LogP contribution is 2.23. The van der Waals surface area contributed by atoms with Crippen LogP contribution in [0.5, 0.6) is 0 Å². The molecule has 0 radical (unpaired) electrons. The van der Waals surface area contributed by atoms with E-state index in [2.05, 4.69) is 9.97 Å². The molecule has 0 bridgehead atoms. The van der Waals surface area contributed by atoms with Crippen molar-refractivity contribution >= 4 is 23.2 Å². The predicted octanol–water partition coefficient (Wildman–Crippen LogP) is 2.89. The van der Waals surface area contributed by atoms with E-state index >= 15 is 0 Å². The average molecular weight is 372 g/mol. The maximum absolute atomic E-state index is 12.8. The second-order valence-corrected chi connectivity index (χ2v) is 7.62. The Kier molecular flexibility index (Phi) is 5.98. The van der Waals surface area contributed by atoms with Crippen molar-refractivity contribution in [1.82, 2.24) is 19.8 Å². The van der Waals surface area contributed by atoms with Gasteiger partial charge in [0, 0.05) is 50.6 Å². The first-order chi connectivity index (χ1) is 12.6. The lowest BCUT2D eigenvalue weighted by Crippen LogP contribution is -2.39. The molecule has 1 atom stereocenters. The molecule has 3 heterocycles. The van der Waals surface area contributed by atoms with Crippen LogP contribution in [0.25, 0.3) is 0 Å². The Morgan fingerprint density at radius 3 is 2.69 bits per heavy atom. The Morgan fingerprint density at radius 1 is 1.27 bits per heavy atom. The number of hydrogen-bond donors (Lipinski definition) is 0. The van der Waals surface area contributed by atoms with E-state index in [1.54, 1.807) is 19.3 Å². The van der Waals surface area contributed by atoms with Gasteiger partial charge in [0.15, 0.2) is 0 Å². The van der Waals surface area contributed by atoms with E-state index in [-0.39, 0.29) is 17.9 Å². The zero-order valence-electron chi connectivity index (χ0n) is 15.2. The van der Waals surface area contributed by atoms with Crippen molar-refractivity contribution in [2.75, 3.05) is 13.1 Å². The molecule has 2 amide bonds. The first-order valence-corrected chi connectivity index (χ1v) is 9.78. The van der Waals surface area contributed by atoms with Crippen LogP contribution in [0.15, 0.2) is 30.2 Å². The van der Waals surface area contributed by atoms with E-state index in [1.807, 2.05) is 28.2 Å². The molecule has 7 heteroatoms. The minimum absolute atomic E-state index is 0.0488. The SMILES string of the molecule is CC(=O)N(Cc1cncnc1)[C@H]1CCCN(C(=O)c2sccc2C)CC1. The summed E-state index contributed by atoms with van der Waals surface area (Å²) in [5.41, 5.74) is 1.96. The molecular formula is C19H24N4O2S. The molecule has 26 heavy (non-hydrogen) atoms. The minimum atomic E-state index is 0.0488. The molecule has 0 unspecified atom stereocenters. The predicted molar refractivity (Wildman–Crippen MR) is 101 cm³/mol. The van der Waals surface area contributed by atoms with Crippen molar-refractivity contribution in [1.29, 1.82) is 0 Å². The molecule has 0 saturated carbocycles. The maximum Gasteiger partial charge on any atom is 0.264 e. The van der Waals surface area contributed by atoms with E-state index in [9.17, 15) is 9.59 Å². The average Bonchev–Trinajstić information content (AvgIpc) is 2.92. The molecule has 0 N–H and O–H groups in total. The van der Waals surface area contributed by atoms with Gasteiger partial charge >= 0.3 is 0 Å². The lowest BCUT2D eigenvalue weighted by atomic mass is 10.1. The molecule has 3 rings (SSSR count). The van der Waals surface area contributed by atoms with Gasteiger partial charge in [-0.2, -0.15) is 0 Å². The van der Waals surface area contributed by atoms with Gasteiger partial charge in [-0.3, -0.25) is 9.59 Å². The number of rotatable bonds is 4. The molecule has 0 aromatic carbocycles. The number of aromatic nitrogens is 2. The van der Waals surface area contributed by atoms with E-state index in [0.29, 0.717) is 13.1 Å². The van der Waals surface area contributed by atoms with Gasteiger partial charge in [-0.1, -0.05) is 0 Å². The lowest BCUT2D eigenvalue weighted by Gasteiger charge is -2.30. The number of hydrogen-bond acceptors (Lipinski definition) is 5. The molecule has 0 spiro atoms. The van der Waals surface area contributed by atoms with Gasteiger partial charge in [0.25, 0.3) is 5.91 Å². The number of amides is 2. The van der Waals surface area contributed by atoms with Crippen LogP contribution in [0.3, 0.4) is 0 Å². The molecule has 0 aliphatic carbocycles. The van der Waals surface area contributed by atoms with E-state index < -0.39 is 0 Å². The highest BCUT2D eigenvalue weighted by Gasteiger charge is 2.27. The Hall–Kier alpha value is -2.28. The van der Waals surface area contributed by atoms with Gasteiger partial charge in [-0.05, 0) is 43.2 Å². The summed E-state index contributed by atoms with van der Waals surface area (Å²) in [5, 5.41) is 1.96. The Morgan fingerprint density at radius 2 is 2.04 bits per heavy atom. The van der Waals surface area contributed by atoms with Crippen LogP contribution in [-0.2, 0) is 11.3 Å². The van der Waals surface area contributed by atoms with E-state index in [1.165, 1.54) is 17.7 Å². The lowest BCUT2D eigenvalue weighted by molar-refractivity contribution is -0.132. The zero-order chi connectivity index (χ0) is 18.5. The topological polar surface area (TPSA) is 66.4 Å². The third-order valence-corrected chi connectivity index (χ3v) is 5.86. The maximum atomic E-state index is 12.8. The van der Waals surface area contributed by atoms with Crippen LogP contribution >= 0.6 is 11.3 Å². The number of carbonyl (C=O) groups is 2. The summed E-state index contributed by atoms with van der Waals surface area (Å²) in [7, 11) is 0. The van der Waals surface area contributed by atoms with Gasteiger partial charge in [-0.25, -0.2) is 9.97 Å². The fourth-order valence-corrected chi connectivity index (χ4v) is 4.33. The largest absolute Gasteiger partial charge is 0.338 e. The van der Waals surface area contributed by atoms with E-state index in [4.69, 9.17) is 0 Å². The molecule has 2 aromatic rings. The van der Waals surface area contributed by atoms with Gasteiger partial charge in [-0.15, -0.1) is 11.3 Å². The van der Waals surface area contributed by atoms with Crippen LogP contribution in [0.1, 0.15) is 47.0 Å². The molecule has 1 aliphatic rings. The van der Waals surface area contributed by atoms with Crippen LogP contribution in [0, 0.1) is 6.92 Å².